The van der Waals surface area contributed by atoms with Gasteiger partial charge in [-0.2, -0.15) is 0 Å². The van der Waals surface area contributed by atoms with E-state index in [0.29, 0.717) is 6.42 Å². The molecule has 0 amide bonds. The lowest BCUT2D eigenvalue weighted by atomic mass is 9.99. The first-order valence-electron chi connectivity index (χ1n) is 9.42. The summed E-state index contributed by atoms with van der Waals surface area (Å²) in [6.07, 6.45) is 19.0. The van der Waals surface area contributed by atoms with E-state index in [0.717, 1.165) is 12.8 Å². The van der Waals surface area contributed by atoms with E-state index < -0.39 is 5.67 Å². The van der Waals surface area contributed by atoms with Crippen LogP contribution >= 0.6 is 0 Å². The van der Waals surface area contributed by atoms with Crippen molar-refractivity contribution in [2.45, 2.75) is 116 Å². The maximum absolute atomic E-state index is 13.4. The van der Waals surface area contributed by atoms with Crippen LogP contribution < -0.4 is 0 Å². The highest BCUT2D eigenvalue weighted by Gasteiger charge is 2.20. The fraction of sp³-hybridized carbons (Fsp3) is 1.00. The zero-order chi connectivity index (χ0) is 15.8. The molecule has 0 saturated carbocycles. The monoisotopic (exact) mass is 302 g/mol. The van der Waals surface area contributed by atoms with E-state index in [-0.39, 0.29) is 6.61 Å². The Morgan fingerprint density at radius 2 is 1.00 bits per heavy atom. The van der Waals surface area contributed by atoms with Crippen LogP contribution in [0.4, 0.5) is 4.39 Å². The molecule has 0 aliphatic heterocycles. The minimum Gasteiger partial charge on any atom is -0.393 e. The van der Waals surface area contributed by atoms with Gasteiger partial charge in [0.1, 0.15) is 5.67 Å². The summed E-state index contributed by atoms with van der Waals surface area (Å²) in [4.78, 5) is 0. The molecule has 2 heteroatoms. The van der Waals surface area contributed by atoms with Gasteiger partial charge in [-0.1, -0.05) is 96.8 Å². The van der Waals surface area contributed by atoms with Crippen LogP contribution in [0.15, 0.2) is 0 Å². The Hall–Kier alpha value is -0.110. The molecule has 0 aliphatic carbocycles. The van der Waals surface area contributed by atoms with Gasteiger partial charge in [0.25, 0.3) is 0 Å². The summed E-state index contributed by atoms with van der Waals surface area (Å²) in [5.41, 5.74) is -1.36. The van der Waals surface area contributed by atoms with Gasteiger partial charge in [0.05, 0.1) is 6.61 Å². The molecule has 0 bridgehead atoms. The van der Waals surface area contributed by atoms with Crippen molar-refractivity contribution in [2.75, 3.05) is 6.61 Å². The van der Waals surface area contributed by atoms with Crippen molar-refractivity contribution in [3.05, 3.63) is 0 Å². The molecule has 0 saturated heterocycles. The molecule has 128 valence electrons. The third kappa shape index (κ3) is 16.1. The van der Waals surface area contributed by atoms with E-state index in [1.54, 1.807) is 0 Å². The Labute approximate surface area is 132 Å². The van der Waals surface area contributed by atoms with Crippen molar-refractivity contribution in [2.24, 2.45) is 0 Å². The lowest BCUT2D eigenvalue weighted by Gasteiger charge is -2.16. The zero-order valence-corrected chi connectivity index (χ0v) is 14.6. The Kier molecular flexibility index (Phi) is 14.7. The van der Waals surface area contributed by atoms with E-state index in [2.05, 4.69) is 6.92 Å². The SMILES string of the molecule is CCCCCCCCCCCCCCCCC(C)(F)CO. The number of rotatable bonds is 16. The molecule has 1 atom stereocenters. The number of alkyl halides is 1. The third-order valence-corrected chi connectivity index (χ3v) is 4.38. The predicted molar refractivity (Wildman–Crippen MR) is 91.5 cm³/mol. The average molecular weight is 303 g/mol. The molecule has 1 nitrogen and oxygen atoms in total. The topological polar surface area (TPSA) is 20.2 Å². The summed E-state index contributed by atoms with van der Waals surface area (Å²) < 4.78 is 13.4. The number of halogens is 1. The van der Waals surface area contributed by atoms with Crippen LogP contribution in [0, 0.1) is 0 Å². The average Bonchev–Trinajstić information content (AvgIpc) is 2.47. The fourth-order valence-electron chi connectivity index (χ4n) is 2.77. The zero-order valence-electron chi connectivity index (χ0n) is 14.6. The first kappa shape index (κ1) is 20.9. The van der Waals surface area contributed by atoms with Crippen LogP contribution in [0.5, 0.6) is 0 Å². The normalized spacial score (nSPS) is 14.3. The second-order valence-corrected chi connectivity index (χ2v) is 6.92. The van der Waals surface area contributed by atoms with Crippen LogP contribution in [0.2, 0.25) is 0 Å². The summed E-state index contributed by atoms with van der Waals surface area (Å²) in [6, 6.07) is 0. The summed E-state index contributed by atoms with van der Waals surface area (Å²) in [7, 11) is 0. The highest BCUT2D eigenvalue weighted by Crippen LogP contribution is 2.19. The molecule has 0 heterocycles. The van der Waals surface area contributed by atoms with Gasteiger partial charge in [0, 0.05) is 0 Å². The lowest BCUT2D eigenvalue weighted by Crippen LogP contribution is -2.22. The van der Waals surface area contributed by atoms with Crippen LogP contribution in [0.3, 0.4) is 0 Å². The maximum atomic E-state index is 13.4. The van der Waals surface area contributed by atoms with Crippen molar-refractivity contribution in [3.8, 4) is 0 Å². The van der Waals surface area contributed by atoms with Gasteiger partial charge in [0.15, 0.2) is 0 Å². The van der Waals surface area contributed by atoms with Gasteiger partial charge >= 0.3 is 0 Å². The van der Waals surface area contributed by atoms with Gasteiger partial charge in [0.2, 0.25) is 0 Å². The van der Waals surface area contributed by atoms with Crippen molar-refractivity contribution < 1.29 is 9.50 Å². The Morgan fingerprint density at radius 1 is 0.667 bits per heavy atom. The van der Waals surface area contributed by atoms with Crippen LogP contribution in [-0.4, -0.2) is 17.4 Å². The quantitative estimate of drug-likeness (QED) is 0.319. The van der Waals surface area contributed by atoms with Crippen molar-refractivity contribution in [1.82, 2.24) is 0 Å². The third-order valence-electron chi connectivity index (χ3n) is 4.38. The smallest absolute Gasteiger partial charge is 0.131 e. The molecule has 1 unspecified atom stereocenters. The Balaban J connectivity index is 3.06. The van der Waals surface area contributed by atoms with E-state index >= 15 is 0 Å². The summed E-state index contributed by atoms with van der Waals surface area (Å²) in [5.74, 6) is 0. The first-order chi connectivity index (χ1) is 10.1. The first-order valence-corrected chi connectivity index (χ1v) is 9.42. The van der Waals surface area contributed by atoms with E-state index in [4.69, 9.17) is 5.11 Å². The van der Waals surface area contributed by atoms with Crippen LogP contribution in [0.25, 0.3) is 0 Å². The maximum Gasteiger partial charge on any atom is 0.131 e. The van der Waals surface area contributed by atoms with Crippen molar-refractivity contribution in [1.29, 1.82) is 0 Å². The molecule has 0 aromatic heterocycles. The second-order valence-electron chi connectivity index (χ2n) is 6.92. The largest absolute Gasteiger partial charge is 0.393 e. The molecular formula is C19H39FO. The molecule has 0 rings (SSSR count). The van der Waals surface area contributed by atoms with Gasteiger partial charge in [-0.15, -0.1) is 0 Å². The van der Waals surface area contributed by atoms with E-state index in [9.17, 15) is 4.39 Å². The van der Waals surface area contributed by atoms with E-state index in [1.165, 1.54) is 84.0 Å². The molecule has 0 aromatic carbocycles. The number of unbranched alkanes of at least 4 members (excludes halogenated alkanes) is 13. The molecular weight excluding hydrogens is 263 g/mol. The van der Waals surface area contributed by atoms with Crippen molar-refractivity contribution >= 4 is 0 Å². The fourth-order valence-corrected chi connectivity index (χ4v) is 2.77. The summed E-state index contributed by atoms with van der Waals surface area (Å²) >= 11 is 0. The Bertz CT molecular complexity index is 204. The summed E-state index contributed by atoms with van der Waals surface area (Å²) in [6.45, 7) is 3.42. The van der Waals surface area contributed by atoms with Gasteiger partial charge in [-0.25, -0.2) is 4.39 Å². The van der Waals surface area contributed by atoms with Crippen LogP contribution in [-0.2, 0) is 0 Å². The molecule has 0 aromatic rings. The van der Waals surface area contributed by atoms with Gasteiger partial charge < -0.3 is 5.11 Å². The highest BCUT2D eigenvalue weighted by atomic mass is 19.1. The summed E-state index contributed by atoms with van der Waals surface area (Å²) in [5, 5.41) is 8.82. The second kappa shape index (κ2) is 14.8. The standard InChI is InChI=1S/C19H39FO/c1-3-4-5-6-7-8-9-10-11-12-13-14-15-16-17-19(2,20)18-21/h21H,3-18H2,1-2H3. The minimum atomic E-state index is -1.36. The number of hydrogen-bond donors (Lipinski definition) is 1. The molecule has 0 fully saturated rings. The number of aliphatic hydroxyl groups excluding tert-OH is 1. The van der Waals surface area contributed by atoms with Gasteiger partial charge in [-0.3, -0.25) is 0 Å². The lowest BCUT2D eigenvalue weighted by molar-refractivity contribution is 0.0772. The Morgan fingerprint density at radius 3 is 1.33 bits per heavy atom. The molecule has 21 heavy (non-hydrogen) atoms. The van der Waals surface area contributed by atoms with Gasteiger partial charge in [-0.05, 0) is 13.3 Å². The van der Waals surface area contributed by atoms with Crippen LogP contribution in [0.1, 0.15) is 110 Å². The number of hydrogen-bond acceptors (Lipinski definition) is 1. The molecule has 1 N–H and O–H groups in total. The molecule has 0 aliphatic rings. The predicted octanol–water partition coefficient (Wildman–Crippen LogP) is 6.58. The molecule has 0 radical (unpaired) electrons. The minimum absolute atomic E-state index is 0.342. The van der Waals surface area contributed by atoms with E-state index in [1.807, 2.05) is 0 Å². The number of aliphatic hydroxyl groups is 1. The van der Waals surface area contributed by atoms with Crippen molar-refractivity contribution in [3.63, 3.8) is 0 Å². The highest BCUT2D eigenvalue weighted by molar-refractivity contribution is 4.71. The molecule has 0 spiro atoms.